The van der Waals surface area contributed by atoms with E-state index in [0.29, 0.717) is 38.7 Å². The molecule has 0 atom stereocenters. The number of carbonyl (C=O) groups excluding carboxylic acids is 2. The van der Waals surface area contributed by atoms with Gasteiger partial charge in [0.05, 0.1) is 31.8 Å². The quantitative estimate of drug-likeness (QED) is 0.330. The van der Waals surface area contributed by atoms with Crippen molar-refractivity contribution in [2.24, 2.45) is 0 Å². The molecular weight excluding hydrogens is 489 g/mol. The number of benzene rings is 3. The molecule has 0 aliphatic heterocycles. The summed E-state index contributed by atoms with van der Waals surface area (Å²) in [6, 6.07) is 14.8. The van der Waals surface area contributed by atoms with Gasteiger partial charge >= 0.3 is 6.03 Å². The second-order valence-electron chi connectivity index (χ2n) is 7.59. The van der Waals surface area contributed by atoms with Crippen molar-refractivity contribution in [3.8, 4) is 23.0 Å². The molecular formula is C26H21ClFN3O5. The first-order valence-corrected chi connectivity index (χ1v) is 11.1. The van der Waals surface area contributed by atoms with Crippen LogP contribution in [0.2, 0.25) is 5.02 Å². The Hall–Kier alpha value is -4.37. The summed E-state index contributed by atoms with van der Waals surface area (Å²) in [5, 5.41) is 5.59. The van der Waals surface area contributed by atoms with Crippen LogP contribution >= 0.6 is 11.6 Å². The molecule has 0 radical (unpaired) electrons. The van der Waals surface area contributed by atoms with Crippen LogP contribution < -0.4 is 24.8 Å². The molecule has 1 aromatic heterocycles. The molecule has 3 aromatic carbocycles. The SMILES string of the molecule is COc1cc2nccc(Oc3ccc(NC(=O)NC(=O)Cc4cccc(Cl)c4)c(F)c3)c2cc1OC. The lowest BCUT2D eigenvalue weighted by Gasteiger charge is -2.13. The third kappa shape index (κ3) is 5.81. The first kappa shape index (κ1) is 24.7. The van der Waals surface area contributed by atoms with Crippen LogP contribution in [0.4, 0.5) is 14.9 Å². The molecule has 2 N–H and O–H groups in total. The number of imide groups is 1. The van der Waals surface area contributed by atoms with Gasteiger partial charge in [0, 0.05) is 28.7 Å². The van der Waals surface area contributed by atoms with E-state index in [1.54, 1.807) is 48.7 Å². The van der Waals surface area contributed by atoms with Crippen molar-refractivity contribution in [1.29, 1.82) is 0 Å². The van der Waals surface area contributed by atoms with E-state index in [2.05, 4.69) is 15.6 Å². The van der Waals surface area contributed by atoms with Crippen LogP contribution in [0, 0.1) is 5.82 Å². The van der Waals surface area contributed by atoms with Crippen molar-refractivity contribution in [2.75, 3.05) is 19.5 Å². The van der Waals surface area contributed by atoms with Crippen molar-refractivity contribution >= 4 is 40.1 Å². The number of nitrogens with zero attached hydrogens (tertiary/aromatic N) is 1. The van der Waals surface area contributed by atoms with Crippen molar-refractivity contribution in [2.45, 2.75) is 6.42 Å². The lowest BCUT2D eigenvalue weighted by atomic mass is 10.1. The Morgan fingerprint density at radius 2 is 1.75 bits per heavy atom. The number of carbonyl (C=O) groups is 2. The molecule has 0 unspecified atom stereocenters. The minimum absolute atomic E-state index is 0.0558. The Bertz CT molecular complexity index is 1450. The van der Waals surface area contributed by atoms with E-state index >= 15 is 0 Å². The molecule has 0 aliphatic rings. The summed E-state index contributed by atoms with van der Waals surface area (Å²) in [6.45, 7) is 0. The smallest absolute Gasteiger partial charge is 0.325 e. The zero-order valence-electron chi connectivity index (χ0n) is 19.3. The summed E-state index contributed by atoms with van der Waals surface area (Å²) in [7, 11) is 3.04. The van der Waals surface area contributed by atoms with E-state index in [1.807, 2.05) is 0 Å². The highest BCUT2D eigenvalue weighted by atomic mass is 35.5. The third-order valence-electron chi connectivity index (χ3n) is 5.13. The van der Waals surface area contributed by atoms with Crippen molar-refractivity contribution in [1.82, 2.24) is 10.3 Å². The standard InChI is InChI=1S/C26H21ClFN3O5/c1-34-23-13-18-21(14-24(23)35-2)29-9-8-22(18)36-17-6-7-20(19(28)12-17)30-26(33)31-25(32)11-15-4-3-5-16(27)10-15/h3-10,12-14H,11H2,1-2H3,(H2,30,31,32,33). The van der Waals surface area contributed by atoms with Crippen LogP contribution in [-0.4, -0.2) is 31.1 Å². The van der Waals surface area contributed by atoms with Gasteiger partial charge in [0.15, 0.2) is 11.5 Å². The Morgan fingerprint density at radius 3 is 2.47 bits per heavy atom. The molecule has 0 bridgehead atoms. The van der Waals surface area contributed by atoms with Gasteiger partial charge in [0.2, 0.25) is 5.91 Å². The van der Waals surface area contributed by atoms with Crippen LogP contribution in [0.3, 0.4) is 0 Å². The molecule has 0 saturated carbocycles. The molecule has 0 fully saturated rings. The van der Waals surface area contributed by atoms with Gasteiger partial charge in [-0.1, -0.05) is 23.7 Å². The number of pyridine rings is 1. The topological polar surface area (TPSA) is 98.8 Å². The number of halogens is 2. The number of aromatic nitrogens is 1. The van der Waals surface area contributed by atoms with Gasteiger partial charge in [-0.15, -0.1) is 0 Å². The molecule has 1 heterocycles. The normalized spacial score (nSPS) is 10.6. The highest BCUT2D eigenvalue weighted by Crippen LogP contribution is 2.37. The van der Waals surface area contributed by atoms with Gasteiger partial charge < -0.3 is 19.5 Å². The van der Waals surface area contributed by atoms with E-state index in [0.717, 1.165) is 6.07 Å². The first-order valence-electron chi connectivity index (χ1n) is 10.7. The van der Waals surface area contributed by atoms with Gasteiger partial charge in [-0.2, -0.15) is 0 Å². The minimum Gasteiger partial charge on any atom is -0.493 e. The van der Waals surface area contributed by atoms with E-state index in [4.69, 9.17) is 25.8 Å². The molecule has 184 valence electrons. The molecule has 0 aliphatic carbocycles. The third-order valence-corrected chi connectivity index (χ3v) is 5.37. The Labute approximate surface area is 211 Å². The number of fused-ring (bicyclic) bond motifs is 1. The number of ether oxygens (including phenoxy) is 3. The number of rotatable bonds is 7. The fourth-order valence-electron chi connectivity index (χ4n) is 3.48. The summed E-state index contributed by atoms with van der Waals surface area (Å²) >= 11 is 5.90. The van der Waals surface area contributed by atoms with Gasteiger partial charge in [0.1, 0.15) is 17.3 Å². The highest BCUT2D eigenvalue weighted by Gasteiger charge is 2.14. The van der Waals surface area contributed by atoms with Gasteiger partial charge in [-0.05, 0) is 42.0 Å². The predicted octanol–water partition coefficient (Wildman–Crippen LogP) is 5.73. The minimum atomic E-state index is -0.865. The Kier molecular flexibility index (Phi) is 7.50. The summed E-state index contributed by atoms with van der Waals surface area (Å²) in [5.74, 6) is 0.308. The monoisotopic (exact) mass is 509 g/mol. The molecule has 4 rings (SSSR count). The van der Waals surface area contributed by atoms with E-state index in [9.17, 15) is 14.0 Å². The number of urea groups is 1. The second-order valence-corrected chi connectivity index (χ2v) is 8.02. The summed E-state index contributed by atoms with van der Waals surface area (Å²) in [4.78, 5) is 28.6. The molecule has 36 heavy (non-hydrogen) atoms. The van der Waals surface area contributed by atoms with Crippen LogP contribution in [0.5, 0.6) is 23.0 Å². The Balaban J connectivity index is 1.44. The molecule has 8 nitrogen and oxygen atoms in total. The van der Waals surface area contributed by atoms with Crippen LogP contribution in [-0.2, 0) is 11.2 Å². The second kappa shape index (κ2) is 10.9. The maximum atomic E-state index is 14.7. The molecule has 3 amide bonds. The number of methoxy groups -OCH3 is 2. The van der Waals surface area contributed by atoms with Gasteiger partial charge in [0.25, 0.3) is 0 Å². The van der Waals surface area contributed by atoms with Crippen molar-refractivity contribution in [3.05, 3.63) is 83.3 Å². The van der Waals surface area contributed by atoms with E-state index in [-0.39, 0.29) is 17.9 Å². The molecule has 4 aromatic rings. The van der Waals surface area contributed by atoms with Gasteiger partial charge in [-0.3, -0.25) is 15.1 Å². The summed E-state index contributed by atoms with van der Waals surface area (Å²) in [6.07, 6.45) is 1.50. The fourth-order valence-corrected chi connectivity index (χ4v) is 3.69. The summed E-state index contributed by atoms with van der Waals surface area (Å²) < 4.78 is 31.2. The maximum Gasteiger partial charge on any atom is 0.325 e. The van der Waals surface area contributed by atoms with Crippen LogP contribution in [0.1, 0.15) is 5.56 Å². The number of amides is 3. The first-order chi connectivity index (χ1) is 17.4. The lowest BCUT2D eigenvalue weighted by Crippen LogP contribution is -2.35. The van der Waals surface area contributed by atoms with Crippen molar-refractivity contribution < 1.29 is 28.2 Å². The zero-order valence-corrected chi connectivity index (χ0v) is 20.1. The van der Waals surface area contributed by atoms with Crippen LogP contribution in [0.25, 0.3) is 10.9 Å². The predicted molar refractivity (Wildman–Crippen MR) is 134 cm³/mol. The average Bonchev–Trinajstić information content (AvgIpc) is 2.85. The number of nitrogens with one attached hydrogen (secondary N) is 2. The molecule has 0 saturated heterocycles. The molecule has 10 heteroatoms. The fraction of sp³-hybridized carbons (Fsp3) is 0.115. The summed E-state index contributed by atoms with van der Waals surface area (Å²) in [5.41, 5.74) is 1.12. The Morgan fingerprint density at radius 1 is 0.972 bits per heavy atom. The number of hydrogen-bond donors (Lipinski definition) is 2. The largest absolute Gasteiger partial charge is 0.493 e. The average molecular weight is 510 g/mol. The number of hydrogen-bond acceptors (Lipinski definition) is 6. The zero-order chi connectivity index (χ0) is 25.7. The maximum absolute atomic E-state index is 14.7. The lowest BCUT2D eigenvalue weighted by molar-refractivity contribution is -0.119. The van der Waals surface area contributed by atoms with Crippen LogP contribution in [0.15, 0.2) is 66.9 Å². The van der Waals surface area contributed by atoms with E-state index < -0.39 is 17.8 Å². The molecule has 0 spiro atoms. The van der Waals surface area contributed by atoms with E-state index in [1.165, 1.54) is 26.4 Å². The highest BCUT2D eigenvalue weighted by molar-refractivity contribution is 6.30. The van der Waals surface area contributed by atoms with Gasteiger partial charge in [-0.25, -0.2) is 9.18 Å². The number of anilines is 1. The van der Waals surface area contributed by atoms with Crippen molar-refractivity contribution in [3.63, 3.8) is 0 Å².